The van der Waals surface area contributed by atoms with Crippen LogP contribution in [0.3, 0.4) is 0 Å². The number of aromatic nitrogens is 1. The fraction of sp³-hybridized carbons (Fsp3) is 0.536. The zero-order valence-electron chi connectivity index (χ0n) is 21.8. The maximum atomic E-state index is 13.4. The summed E-state index contributed by atoms with van der Waals surface area (Å²) in [4.78, 5) is 34.1. The van der Waals surface area contributed by atoms with Crippen LogP contribution in [0.25, 0.3) is 0 Å². The first-order valence-corrected chi connectivity index (χ1v) is 12.8. The van der Waals surface area contributed by atoms with Crippen LogP contribution in [0, 0.1) is 11.8 Å². The Morgan fingerprint density at radius 1 is 1.17 bits per heavy atom. The third-order valence-corrected chi connectivity index (χ3v) is 7.45. The molecule has 1 aromatic carbocycles. The largest absolute Gasteiger partial charge is 0.491 e. The van der Waals surface area contributed by atoms with E-state index in [0.29, 0.717) is 30.2 Å². The number of pyridine rings is 1. The van der Waals surface area contributed by atoms with Crippen LogP contribution < -0.4 is 10.1 Å². The molecule has 3 atom stereocenters. The summed E-state index contributed by atoms with van der Waals surface area (Å²) in [6.45, 7) is 6.71. The summed E-state index contributed by atoms with van der Waals surface area (Å²) < 4.78 is 12.1. The van der Waals surface area contributed by atoms with E-state index in [0.717, 1.165) is 32.4 Å². The summed E-state index contributed by atoms with van der Waals surface area (Å²) in [6.07, 6.45) is 6.47. The molecule has 0 unspecified atom stereocenters. The van der Waals surface area contributed by atoms with E-state index in [2.05, 4.69) is 29.0 Å². The van der Waals surface area contributed by atoms with Gasteiger partial charge in [0.1, 0.15) is 12.4 Å². The maximum absolute atomic E-state index is 13.4. The average Bonchev–Trinajstić information content (AvgIpc) is 2.83. The smallest absolute Gasteiger partial charge is 0.257 e. The van der Waals surface area contributed by atoms with Gasteiger partial charge in [0.05, 0.1) is 11.7 Å². The molecule has 0 spiro atoms. The monoisotopic (exact) mass is 494 g/mol. The predicted molar refractivity (Wildman–Crippen MR) is 139 cm³/mol. The molecule has 2 aromatic rings. The summed E-state index contributed by atoms with van der Waals surface area (Å²) in [5.74, 6) is 0.660. The number of carbonyl (C=O) groups excluding carboxylic acids is 2. The highest BCUT2D eigenvalue weighted by Gasteiger charge is 2.29. The third kappa shape index (κ3) is 6.23. The second kappa shape index (κ2) is 11.8. The quantitative estimate of drug-likeness (QED) is 0.680. The van der Waals surface area contributed by atoms with Crippen molar-refractivity contribution in [1.82, 2.24) is 14.8 Å². The van der Waals surface area contributed by atoms with Crippen molar-refractivity contribution in [3.8, 4) is 5.75 Å². The Balaban J connectivity index is 1.61. The Kier molecular flexibility index (Phi) is 8.59. The molecule has 2 heterocycles. The van der Waals surface area contributed by atoms with Gasteiger partial charge in [0.25, 0.3) is 5.91 Å². The van der Waals surface area contributed by atoms with E-state index in [4.69, 9.17) is 9.47 Å². The number of amides is 2. The number of hydrogen-bond acceptors (Lipinski definition) is 6. The number of carbonyl (C=O) groups is 2. The average molecular weight is 495 g/mol. The van der Waals surface area contributed by atoms with Gasteiger partial charge in [-0.2, -0.15) is 0 Å². The van der Waals surface area contributed by atoms with E-state index in [1.54, 1.807) is 37.3 Å². The molecule has 1 fully saturated rings. The van der Waals surface area contributed by atoms with Crippen molar-refractivity contribution in [2.45, 2.75) is 51.8 Å². The normalized spacial score (nSPS) is 24.1. The number of rotatable bonds is 5. The lowest BCUT2D eigenvalue weighted by atomic mass is 9.85. The summed E-state index contributed by atoms with van der Waals surface area (Å²) >= 11 is 0. The van der Waals surface area contributed by atoms with Gasteiger partial charge in [-0.15, -0.1) is 0 Å². The molecule has 1 saturated carbocycles. The van der Waals surface area contributed by atoms with E-state index >= 15 is 0 Å². The Bertz CT molecular complexity index is 1040. The molecule has 8 heteroatoms. The molecule has 194 valence electrons. The minimum atomic E-state index is -0.127. The van der Waals surface area contributed by atoms with E-state index < -0.39 is 0 Å². The molecule has 1 aliphatic carbocycles. The fourth-order valence-electron chi connectivity index (χ4n) is 4.78. The number of ether oxygens (including phenoxy) is 2. The molecule has 36 heavy (non-hydrogen) atoms. The van der Waals surface area contributed by atoms with E-state index in [-0.39, 0.29) is 35.8 Å². The SMILES string of the molecule is CO[C@H]1CN(C)C(=O)c2ccc(NC(=O)C3CCC3)cc2OC[C@H](C)N(Cc2ccncc2)C[C@H]1C. The molecule has 1 aromatic heterocycles. The summed E-state index contributed by atoms with van der Waals surface area (Å²) in [7, 11) is 3.50. The first kappa shape index (κ1) is 26.1. The van der Waals surface area contributed by atoms with Gasteiger partial charge in [0, 0.05) is 69.9 Å². The zero-order valence-corrected chi connectivity index (χ0v) is 21.8. The van der Waals surface area contributed by atoms with E-state index in [1.807, 2.05) is 24.5 Å². The Morgan fingerprint density at radius 3 is 2.58 bits per heavy atom. The Hall–Kier alpha value is -2.97. The molecule has 8 nitrogen and oxygen atoms in total. The molecule has 2 aliphatic rings. The first-order chi connectivity index (χ1) is 17.4. The molecule has 0 bridgehead atoms. The van der Waals surface area contributed by atoms with Crippen LogP contribution in [-0.4, -0.2) is 72.6 Å². The molecule has 0 saturated heterocycles. The lowest BCUT2D eigenvalue weighted by Gasteiger charge is -2.36. The molecule has 4 rings (SSSR count). The Morgan fingerprint density at radius 2 is 1.92 bits per heavy atom. The van der Waals surface area contributed by atoms with Gasteiger partial charge in [-0.3, -0.25) is 19.5 Å². The predicted octanol–water partition coefficient (Wildman–Crippen LogP) is 3.83. The second-order valence-electron chi connectivity index (χ2n) is 10.2. The van der Waals surface area contributed by atoms with Gasteiger partial charge in [-0.05, 0) is 55.5 Å². The standard InChI is InChI=1S/C28H38N4O4/c1-19-15-32(16-21-10-12-29-13-11-21)20(2)18-36-25-14-23(30-27(33)22-6-5-7-22)8-9-24(25)28(34)31(3)17-26(19)35-4/h8-14,19-20,22,26H,5-7,15-18H2,1-4H3,(H,30,33)/t19-,20+,26+/m1/s1. The lowest BCUT2D eigenvalue weighted by molar-refractivity contribution is -0.122. The maximum Gasteiger partial charge on any atom is 0.257 e. The summed E-state index contributed by atoms with van der Waals surface area (Å²) in [6, 6.07) is 9.45. The lowest BCUT2D eigenvalue weighted by Crippen LogP contribution is -2.46. The van der Waals surface area contributed by atoms with Gasteiger partial charge in [0.15, 0.2) is 0 Å². The molecule has 2 amide bonds. The number of nitrogens with one attached hydrogen (secondary N) is 1. The van der Waals surface area contributed by atoms with Crippen molar-refractivity contribution >= 4 is 17.5 Å². The van der Waals surface area contributed by atoms with Crippen LogP contribution in [0.4, 0.5) is 5.69 Å². The first-order valence-electron chi connectivity index (χ1n) is 12.8. The number of likely N-dealkylation sites (N-methyl/N-ethyl adjacent to an activating group) is 1. The highest BCUT2D eigenvalue weighted by atomic mass is 16.5. The van der Waals surface area contributed by atoms with Crippen LogP contribution >= 0.6 is 0 Å². The number of hydrogen-bond donors (Lipinski definition) is 1. The third-order valence-electron chi connectivity index (χ3n) is 7.45. The van der Waals surface area contributed by atoms with Crippen LogP contribution in [-0.2, 0) is 16.1 Å². The van der Waals surface area contributed by atoms with Crippen molar-refractivity contribution < 1.29 is 19.1 Å². The van der Waals surface area contributed by atoms with Gasteiger partial charge in [-0.1, -0.05) is 13.3 Å². The molecule has 0 radical (unpaired) electrons. The molecule has 1 aliphatic heterocycles. The highest BCUT2D eigenvalue weighted by molar-refractivity contribution is 5.99. The van der Waals surface area contributed by atoms with Crippen molar-refractivity contribution in [1.29, 1.82) is 0 Å². The molecular weight excluding hydrogens is 456 g/mol. The van der Waals surface area contributed by atoms with Gasteiger partial charge in [0.2, 0.25) is 5.91 Å². The number of benzene rings is 1. The summed E-state index contributed by atoms with van der Waals surface area (Å²) in [5.41, 5.74) is 2.31. The van der Waals surface area contributed by atoms with Crippen LogP contribution in [0.2, 0.25) is 0 Å². The van der Waals surface area contributed by atoms with Crippen molar-refractivity contribution in [2.24, 2.45) is 11.8 Å². The van der Waals surface area contributed by atoms with E-state index in [9.17, 15) is 9.59 Å². The van der Waals surface area contributed by atoms with Crippen LogP contribution in [0.1, 0.15) is 49.0 Å². The topological polar surface area (TPSA) is 84.0 Å². The van der Waals surface area contributed by atoms with Gasteiger partial charge >= 0.3 is 0 Å². The fourth-order valence-corrected chi connectivity index (χ4v) is 4.78. The Labute approximate surface area is 214 Å². The number of fused-ring (bicyclic) bond motifs is 1. The zero-order chi connectivity index (χ0) is 25.7. The van der Waals surface area contributed by atoms with Crippen molar-refractivity contribution in [2.75, 3.05) is 39.2 Å². The number of methoxy groups -OCH3 is 1. The van der Waals surface area contributed by atoms with Crippen molar-refractivity contribution in [3.05, 3.63) is 53.9 Å². The minimum absolute atomic E-state index is 0.0339. The van der Waals surface area contributed by atoms with Crippen molar-refractivity contribution in [3.63, 3.8) is 0 Å². The van der Waals surface area contributed by atoms with Gasteiger partial charge in [-0.25, -0.2) is 0 Å². The molecule has 1 N–H and O–H groups in total. The second-order valence-corrected chi connectivity index (χ2v) is 10.2. The molecular formula is C28H38N4O4. The van der Waals surface area contributed by atoms with E-state index in [1.165, 1.54) is 5.56 Å². The van der Waals surface area contributed by atoms with Crippen LogP contribution in [0.5, 0.6) is 5.75 Å². The number of anilines is 1. The number of nitrogens with zero attached hydrogens (tertiary/aromatic N) is 3. The van der Waals surface area contributed by atoms with Crippen LogP contribution in [0.15, 0.2) is 42.7 Å². The van der Waals surface area contributed by atoms with Gasteiger partial charge < -0.3 is 19.7 Å². The minimum Gasteiger partial charge on any atom is -0.491 e. The summed E-state index contributed by atoms with van der Waals surface area (Å²) in [5, 5.41) is 3.00. The highest BCUT2D eigenvalue weighted by Crippen LogP contribution is 2.30.